The van der Waals surface area contributed by atoms with E-state index in [1.807, 2.05) is 13.1 Å². The van der Waals surface area contributed by atoms with Gasteiger partial charge in [0, 0.05) is 11.0 Å². The van der Waals surface area contributed by atoms with Crippen LogP contribution >= 0.6 is 15.9 Å². The summed E-state index contributed by atoms with van der Waals surface area (Å²) in [7, 11) is 1.97. The van der Waals surface area contributed by atoms with E-state index >= 15 is 0 Å². The van der Waals surface area contributed by atoms with Crippen molar-refractivity contribution in [3.63, 3.8) is 0 Å². The first-order valence-electron chi connectivity index (χ1n) is 5.71. The molecule has 0 radical (unpaired) electrons. The summed E-state index contributed by atoms with van der Waals surface area (Å²) < 4.78 is 1.12. The summed E-state index contributed by atoms with van der Waals surface area (Å²) in [6, 6.07) is 15.0. The van der Waals surface area contributed by atoms with Gasteiger partial charge in [0.15, 0.2) is 0 Å². The highest BCUT2D eigenvalue weighted by atomic mass is 79.9. The number of hydrogen-bond donors (Lipinski definition) is 1. The molecule has 0 aliphatic carbocycles. The molecule has 0 unspecified atom stereocenters. The van der Waals surface area contributed by atoms with Crippen molar-refractivity contribution in [2.24, 2.45) is 0 Å². The van der Waals surface area contributed by atoms with Crippen LogP contribution in [0.5, 0.6) is 0 Å². The van der Waals surface area contributed by atoms with Crippen LogP contribution in [-0.4, -0.2) is 7.05 Å². The van der Waals surface area contributed by atoms with Gasteiger partial charge in [-0.2, -0.15) is 0 Å². The van der Waals surface area contributed by atoms with Crippen molar-refractivity contribution in [3.05, 3.63) is 58.1 Å². The van der Waals surface area contributed by atoms with Crippen LogP contribution in [0.3, 0.4) is 0 Å². The van der Waals surface area contributed by atoms with Crippen LogP contribution in [-0.2, 0) is 6.54 Å². The zero-order valence-corrected chi connectivity index (χ0v) is 11.7. The first kappa shape index (κ1) is 12.3. The molecule has 2 aromatic carbocycles. The topological polar surface area (TPSA) is 12.0 Å². The van der Waals surface area contributed by atoms with Gasteiger partial charge in [0.1, 0.15) is 0 Å². The molecular formula is C15H16BrN. The lowest BCUT2D eigenvalue weighted by molar-refractivity contribution is 0.817. The maximum absolute atomic E-state index is 3.51. The molecule has 1 N–H and O–H groups in total. The van der Waals surface area contributed by atoms with Crippen molar-refractivity contribution >= 4 is 15.9 Å². The smallest absolute Gasteiger partial charge is 0.0202 e. The zero-order chi connectivity index (χ0) is 12.3. The van der Waals surface area contributed by atoms with Gasteiger partial charge >= 0.3 is 0 Å². The normalized spacial score (nSPS) is 10.5. The number of hydrogen-bond acceptors (Lipinski definition) is 1. The highest BCUT2D eigenvalue weighted by Crippen LogP contribution is 2.26. The molecular weight excluding hydrogens is 274 g/mol. The number of nitrogens with one attached hydrogen (secondary N) is 1. The molecule has 0 bridgehead atoms. The minimum atomic E-state index is 0.916. The lowest BCUT2D eigenvalue weighted by Crippen LogP contribution is -2.05. The second kappa shape index (κ2) is 5.48. The SMILES string of the molecule is CNCc1ccc(-c2cccc(Br)c2)c(C)c1. The number of aryl methyl sites for hydroxylation is 1. The van der Waals surface area contributed by atoms with Gasteiger partial charge in [0.2, 0.25) is 0 Å². The molecule has 0 aliphatic heterocycles. The van der Waals surface area contributed by atoms with Crippen molar-refractivity contribution in [3.8, 4) is 11.1 Å². The quantitative estimate of drug-likeness (QED) is 0.895. The predicted molar refractivity (Wildman–Crippen MR) is 77.1 cm³/mol. The lowest BCUT2D eigenvalue weighted by atomic mass is 9.98. The molecule has 2 rings (SSSR count). The molecule has 0 amide bonds. The fourth-order valence-corrected chi connectivity index (χ4v) is 2.42. The average molecular weight is 290 g/mol. The summed E-state index contributed by atoms with van der Waals surface area (Å²) in [6.45, 7) is 3.08. The molecule has 0 aliphatic rings. The monoisotopic (exact) mass is 289 g/mol. The van der Waals surface area contributed by atoms with Crippen LogP contribution in [0.2, 0.25) is 0 Å². The van der Waals surface area contributed by atoms with Gasteiger partial charge in [-0.25, -0.2) is 0 Å². The van der Waals surface area contributed by atoms with E-state index in [0.29, 0.717) is 0 Å². The van der Waals surface area contributed by atoms with E-state index in [2.05, 4.69) is 64.6 Å². The van der Waals surface area contributed by atoms with Crippen LogP contribution in [0, 0.1) is 6.92 Å². The lowest BCUT2D eigenvalue weighted by Gasteiger charge is -2.09. The van der Waals surface area contributed by atoms with Crippen molar-refractivity contribution < 1.29 is 0 Å². The van der Waals surface area contributed by atoms with Crippen LogP contribution < -0.4 is 5.32 Å². The molecule has 0 fully saturated rings. The Morgan fingerprint density at radius 3 is 2.59 bits per heavy atom. The van der Waals surface area contributed by atoms with Gasteiger partial charge in [-0.1, -0.05) is 46.3 Å². The molecule has 2 aromatic rings. The Labute approximate surface area is 111 Å². The van der Waals surface area contributed by atoms with Gasteiger partial charge in [-0.05, 0) is 48.4 Å². The van der Waals surface area contributed by atoms with Crippen LogP contribution in [0.25, 0.3) is 11.1 Å². The average Bonchev–Trinajstić information content (AvgIpc) is 2.29. The van der Waals surface area contributed by atoms with Crippen LogP contribution in [0.4, 0.5) is 0 Å². The van der Waals surface area contributed by atoms with E-state index in [-0.39, 0.29) is 0 Å². The Morgan fingerprint density at radius 2 is 1.94 bits per heavy atom. The van der Waals surface area contributed by atoms with E-state index in [1.54, 1.807) is 0 Å². The first-order valence-corrected chi connectivity index (χ1v) is 6.50. The van der Waals surface area contributed by atoms with Gasteiger partial charge in [0.25, 0.3) is 0 Å². The molecule has 0 aromatic heterocycles. The van der Waals surface area contributed by atoms with Crippen LogP contribution in [0.15, 0.2) is 46.9 Å². The Hall–Kier alpha value is -1.12. The molecule has 0 heterocycles. The molecule has 0 spiro atoms. The third-order valence-electron chi connectivity index (χ3n) is 2.81. The summed E-state index contributed by atoms with van der Waals surface area (Å²) in [4.78, 5) is 0. The minimum Gasteiger partial charge on any atom is -0.316 e. The molecule has 0 atom stereocenters. The van der Waals surface area contributed by atoms with Gasteiger partial charge in [-0.3, -0.25) is 0 Å². The van der Waals surface area contributed by atoms with Crippen LogP contribution in [0.1, 0.15) is 11.1 Å². The van der Waals surface area contributed by atoms with E-state index in [9.17, 15) is 0 Å². The highest BCUT2D eigenvalue weighted by Gasteiger charge is 2.03. The summed E-state index contributed by atoms with van der Waals surface area (Å²) in [5.41, 5.74) is 5.19. The number of rotatable bonds is 3. The zero-order valence-electron chi connectivity index (χ0n) is 10.1. The maximum Gasteiger partial charge on any atom is 0.0202 e. The largest absolute Gasteiger partial charge is 0.316 e. The van der Waals surface area contributed by atoms with Crippen molar-refractivity contribution in [1.29, 1.82) is 0 Å². The summed E-state index contributed by atoms with van der Waals surface area (Å²) in [6.07, 6.45) is 0. The van der Waals surface area contributed by atoms with Gasteiger partial charge in [0.05, 0.1) is 0 Å². The third-order valence-corrected chi connectivity index (χ3v) is 3.30. The first-order chi connectivity index (χ1) is 8.20. The maximum atomic E-state index is 3.51. The molecule has 17 heavy (non-hydrogen) atoms. The predicted octanol–water partition coefficient (Wildman–Crippen LogP) is 4.14. The highest BCUT2D eigenvalue weighted by molar-refractivity contribution is 9.10. The second-order valence-corrected chi connectivity index (χ2v) is 5.11. The number of benzene rings is 2. The Bertz CT molecular complexity index is 520. The summed E-state index contributed by atoms with van der Waals surface area (Å²) in [5, 5.41) is 3.17. The molecule has 2 heteroatoms. The van der Waals surface area contributed by atoms with Crippen molar-refractivity contribution in [1.82, 2.24) is 5.32 Å². The summed E-state index contributed by atoms with van der Waals surface area (Å²) >= 11 is 3.51. The fraction of sp³-hybridized carbons (Fsp3) is 0.200. The molecule has 88 valence electrons. The van der Waals surface area contributed by atoms with E-state index in [4.69, 9.17) is 0 Å². The number of halogens is 1. The van der Waals surface area contributed by atoms with E-state index in [1.165, 1.54) is 22.3 Å². The van der Waals surface area contributed by atoms with Crippen molar-refractivity contribution in [2.45, 2.75) is 13.5 Å². The van der Waals surface area contributed by atoms with E-state index < -0.39 is 0 Å². The minimum absolute atomic E-state index is 0.916. The van der Waals surface area contributed by atoms with Gasteiger partial charge < -0.3 is 5.32 Å². The van der Waals surface area contributed by atoms with E-state index in [0.717, 1.165) is 11.0 Å². The Morgan fingerprint density at radius 1 is 1.12 bits per heavy atom. The third kappa shape index (κ3) is 2.96. The Balaban J connectivity index is 2.39. The second-order valence-electron chi connectivity index (χ2n) is 4.19. The Kier molecular flexibility index (Phi) is 3.97. The molecule has 1 nitrogen and oxygen atoms in total. The molecule has 0 saturated carbocycles. The van der Waals surface area contributed by atoms with Crippen molar-refractivity contribution in [2.75, 3.05) is 7.05 Å². The fourth-order valence-electron chi connectivity index (χ4n) is 2.02. The standard InChI is InChI=1S/C15H16BrN/c1-11-8-12(10-17-2)6-7-15(11)13-4-3-5-14(16)9-13/h3-9,17H,10H2,1-2H3. The molecule has 0 saturated heterocycles. The summed E-state index contributed by atoms with van der Waals surface area (Å²) in [5.74, 6) is 0. The van der Waals surface area contributed by atoms with Gasteiger partial charge in [-0.15, -0.1) is 0 Å².